The van der Waals surface area contributed by atoms with Crippen molar-refractivity contribution in [3.05, 3.63) is 11.8 Å². The second kappa shape index (κ2) is 7.04. The standard InChI is InChI=1S/C9H12O4.C2H6/c1-6-7(3-10)4-13-5-8(6)9(11)12-2;1-2/h3,5-7H,4H2,1-2H3;1-2H3. The predicted octanol–water partition coefficient (Wildman–Crippen LogP) is 1.55. The van der Waals surface area contributed by atoms with Gasteiger partial charge in [0.25, 0.3) is 0 Å². The minimum atomic E-state index is -0.431. The Labute approximate surface area is 90.2 Å². The Morgan fingerprint density at radius 3 is 2.67 bits per heavy atom. The number of ether oxygens (including phenoxy) is 2. The summed E-state index contributed by atoms with van der Waals surface area (Å²) in [5, 5.41) is 0. The fraction of sp³-hybridized carbons (Fsp3) is 0.636. The van der Waals surface area contributed by atoms with Crippen LogP contribution in [0.25, 0.3) is 0 Å². The highest BCUT2D eigenvalue weighted by molar-refractivity contribution is 5.89. The van der Waals surface area contributed by atoms with Crippen LogP contribution in [-0.4, -0.2) is 26.0 Å². The fourth-order valence-electron chi connectivity index (χ4n) is 1.24. The molecule has 0 aromatic carbocycles. The number of carbonyl (C=O) groups excluding carboxylic acids is 2. The van der Waals surface area contributed by atoms with E-state index >= 15 is 0 Å². The molecule has 0 saturated carbocycles. The molecular formula is C11H18O4. The highest BCUT2D eigenvalue weighted by Gasteiger charge is 2.29. The first-order chi connectivity index (χ1) is 7.20. The van der Waals surface area contributed by atoms with Crippen LogP contribution in [0.3, 0.4) is 0 Å². The zero-order chi connectivity index (χ0) is 11.8. The zero-order valence-electron chi connectivity index (χ0n) is 9.65. The molecule has 2 atom stereocenters. The van der Waals surface area contributed by atoms with E-state index in [2.05, 4.69) is 4.74 Å². The Kier molecular flexibility index (Phi) is 6.42. The lowest BCUT2D eigenvalue weighted by Crippen LogP contribution is -2.28. The molecule has 86 valence electrons. The van der Waals surface area contributed by atoms with Crippen molar-refractivity contribution in [3.8, 4) is 0 Å². The van der Waals surface area contributed by atoms with E-state index in [4.69, 9.17) is 4.74 Å². The van der Waals surface area contributed by atoms with Crippen molar-refractivity contribution in [2.75, 3.05) is 13.7 Å². The summed E-state index contributed by atoms with van der Waals surface area (Å²) in [5.74, 6) is -0.808. The maximum atomic E-state index is 11.2. The Hall–Kier alpha value is -1.32. The number of methoxy groups -OCH3 is 1. The van der Waals surface area contributed by atoms with Gasteiger partial charge in [0.05, 0.1) is 31.5 Å². The zero-order valence-corrected chi connectivity index (χ0v) is 9.65. The summed E-state index contributed by atoms with van der Waals surface area (Å²) in [6.07, 6.45) is 2.18. The van der Waals surface area contributed by atoms with Gasteiger partial charge in [0, 0.05) is 5.92 Å². The number of hydrogen-bond acceptors (Lipinski definition) is 4. The molecule has 15 heavy (non-hydrogen) atoms. The second-order valence-corrected chi connectivity index (χ2v) is 2.99. The summed E-state index contributed by atoms with van der Waals surface area (Å²) < 4.78 is 9.53. The molecular weight excluding hydrogens is 196 g/mol. The van der Waals surface area contributed by atoms with Gasteiger partial charge in [-0.3, -0.25) is 0 Å². The average Bonchev–Trinajstić information content (AvgIpc) is 2.31. The first-order valence-corrected chi connectivity index (χ1v) is 5.06. The SMILES string of the molecule is CC.COC(=O)C1=COCC(C=O)C1C. The van der Waals surface area contributed by atoms with Crippen LogP contribution in [0.4, 0.5) is 0 Å². The van der Waals surface area contributed by atoms with Crippen molar-refractivity contribution in [2.45, 2.75) is 20.8 Å². The number of hydrogen-bond donors (Lipinski definition) is 0. The molecule has 0 spiro atoms. The van der Waals surface area contributed by atoms with Crippen LogP contribution in [0.15, 0.2) is 11.8 Å². The van der Waals surface area contributed by atoms with Gasteiger partial charge >= 0.3 is 5.97 Å². The molecule has 0 radical (unpaired) electrons. The van der Waals surface area contributed by atoms with Crippen LogP contribution in [-0.2, 0) is 19.1 Å². The smallest absolute Gasteiger partial charge is 0.337 e. The van der Waals surface area contributed by atoms with Gasteiger partial charge in [0.2, 0.25) is 0 Å². The van der Waals surface area contributed by atoms with E-state index in [-0.39, 0.29) is 11.8 Å². The third-order valence-electron chi connectivity index (χ3n) is 2.23. The molecule has 0 aromatic rings. The lowest BCUT2D eigenvalue weighted by molar-refractivity contribution is -0.137. The van der Waals surface area contributed by atoms with Crippen LogP contribution in [0.2, 0.25) is 0 Å². The number of carbonyl (C=O) groups is 2. The van der Waals surface area contributed by atoms with Crippen molar-refractivity contribution in [1.82, 2.24) is 0 Å². The first-order valence-electron chi connectivity index (χ1n) is 5.06. The van der Waals surface area contributed by atoms with Crippen LogP contribution < -0.4 is 0 Å². The lowest BCUT2D eigenvalue weighted by Gasteiger charge is -2.24. The molecule has 1 aliphatic rings. The maximum Gasteiger partial charge on any atom is 0.337 e. The van der Waals surface area contributed by atoms with Gasteiger partial charge in [-0.25, -0.2) is 4.79 Å². The number of rotatable bonds is 2. The van der Waals surface area contributed by atoms with Gasteiger partial charge < -0.3 is 14.3 Å². The molecule has 1 heterocycles. The van der Waals surface area contributed by atoms with E-state index in [1.807, 2.05) is 20.8 Å². The third-order valence-corrected chi connectivity index (χ3v) is 2.23. The fourth-order valence-corrected chi connectivity index (χ4v) is 1.24. The molecule has 4 nitrogen and oxygen atoms in total. The highest BCUT2D eigenvalue weighted by Crippen LogP contribution is 2.24. The van der Waals surface area contributed by atoms with Gasteiger partial charge in [-0.05, 0) is 0 Å². The van der Waals surface area contributed by atoms with E-state index in [1.165, 1.54) is 13.4 Å². The molecule has 0 saturated heterocycles. The molecule has 1 aliphatic heterocycles. The summed E-state index contributed by atoms with van der Waals surface area (Å²) >= 11 is 0. The Morgan fingerprint density at radius 1 is 1.60 bits per heavy atom. The summed E-state index contributed by atoms with van der Waals surface area (Å²) in [5.41, 5.74) is 0.422. The van der Waals surface area contributed by atoms with Gasteiger partial charge in [-0.2, -0.15) is 0 Å². The topological polar surface area (TPSA) is 52.6 Å². The van der Waals surface area contributed by atoms with Crippen LogP contribution in [0.1, 0.15) is 20.8 Å². The van der Waals surface area contributed by atoms with Gasteiger partial charge in [0.15, 0.2) is 0 Å². The van der Waals surface area contributed by atoms with Crippen molar-refractivity contribution >= 4 is 12.3 Å². The quantitative estimate of drug-likeness (QED) is 0.517. The largest absolute Gasteiger partial charge is 0.500 e. The number of esters is 1. The molecule has 2 unspecified atom stereocenters. The van der Waals surface area contributed by atoms with E-state index in [9.17, 15) is 9.59 Å². The van der Waals surface area contributed by atoms with Crippen LogP contribution in [0, 0.1) is 11.8 Å². The van der Waals surface area contributed by atoms with Gasteiger partial charge in [-0.15, -0.1) is 0 Å². The van der Waals surface area contributed by atoms with Gasteiger partial charge in [0.1, 0.15) is 6.29 Å². The van der Waals surface area contributed by atoms with E-state index in [1.54, 1.807) is 0 Å². The second-order valence-electron chi connectivity index (χ2n) is 2.99. The molecule has 0 aliphatic carbocycles. The average molecular weight is 214 g/mol. The summed E-state index contributed by atoms with van der Waals surface area (Å²) in [7, 11) is 1.31. The molecule has 0 N–H and O–H groups in total. The van der Waals surface area contributed by atoms with Crippen molar-refractivity contribution in [1.29, 1.82) is 0 Å². The van der Waals surface area contributed by atoms with Crippen LogP contribution in [0.5, 0.6) is 0 Å². The maximum absolute atomic E-state index is 11.2. The molecule has 0 fully saturated rings. The predicted molar refractivity (Wildman–Crippen MR) is 56.1 cm³/mol. The van der Waals surface area contributed by atoms with Crippen LogP contribution >= 0.6 is 0 Å². The molecule has 0 aromatic heterocycles. The van der Waals surface area contributed by atoms with Crippen molar-refractivity contribution < 1.29 is 19.1 Å². The molecule has 0 bridgehead atoms. The minimum absolute atomic E-state index is 0.126. The monoisotopic (exact) mass is 214 g/mol. The number of aldehydes is 1. The normalized spacial score (nSPS) is 23.9. The Bertz CT molecular complexity index is 245. The molecule has 4 heteroatoms. The lowest BCUT2D eigenvalue weighted by atomic mass is 9.88. The minimum Gasteiger partial charge on any atom is -0.500 e. The summed E-state index contributed by atoms with van der Waals surface area (Å²) in [6.45, 7) is 6.15. The Balaban J connectivity index is 0.000000921. The Morgan fingerprint density at radius 2 is 2.20 bits per heavy atom. The summed E-state index contributed by atoms with van der Waals surface area (Å²) in [6, 6.07) is 0. The van der Waals surface area contributed by atoms with E-state index in [0.29, 0.717) is 12.2 Å². The third kappa shape index (κ3) is 3.38. The first kappa shape index (κ1) is 13.7. The molecule has 0 amide bonds. The van der Waals surface area contributed by atoms with Crippen molar-refractivity contribution in [2.24, 2.45) is 11.8 Å². The van der Waals surface area contributed by atoms with Gasteiger partial charge in [-0.1, -0.05) is 20.8 Å². The van der Waals surface area contributed by atoms with Crippen molar-refractivity contribution in [3.63, 3.8) is 0 Å². The van der Waals surface area contributed by atoms with E-state index in [0.717, 1.165) is 6.29 Å². The summed E-state index contributed by atoms with van der Waals surface area (Å²) in [4.78, 5) is 21.7. The molecule has 1 rings (SSSR count). The van der Waals surface area contributed by atoms with E-state index < -0.39 is 5.97 Å². The highest BCUT2D eigenvalue weighted by atomic mass is 16.5.